The molecular formula is C28H43NO3. The molecule has 0 heterocycles. The average Bonchev–Trinajstić information content (AvgIpc) is 2.79. The molecule has 2 rings (SSSR count). The zero-order valence-corrected chi connectivity index (χ0v) is 20.7. The second-order valence-electron chi connectivity index (χ2n) is 9.00. The second kappa shape index (κ2) is 14.2. The minimum Gasteiger partial charge on any atom is -0.491 e. The molecule has 178 valence electrons. The monoisotopic (exact) mass is 441 g/mol. The molecule has 32 heavy (non-hydrogen) atoms. The predicted molar refractivity (Wildman–Crippen MR) is 134 cm³/mol. The molecule has 2 aromatic rings. The van der Waals surface area contributed by atoms with Crippen molar-refractivity contribution in [3.8, 4) is 11.5 Å². The van der Waals surface area contributed by atoms with Gasteiger partial charge in [-0.15, -0.1) is 0 Å². The van der Waals surface area contributed by atoms with E-state index in [2.05, 4.69) is 64.1 Å². The van der Waals surface area contributed by atoms with Gasteiger partial charge in [-0.05, 0) is 85.9 Å². The Balaban J connectivity index is 1.72. The van der Waals surface area contributed by atoms with Gasteiger partial charge in [-0.25, -0.2) is 0 Å². The molecule has 4 nitrogen and oxygen atoms in total. The van der Waals surface area contributed by atoms with Crippen molar-refractivity contribution >= 4 is 0 Å². The Hall–Kier alpha value is -2.04. The van der Waals surface area contributed by atoms with Crippen LogP contribution in [0.25, 0.3) is 0 Å². The minimum absolute atomic E-state index is 0.341. The summed E-state index contributed by atoms with van der Waals surface area (Å²) < 4.78 is 17.5. The lowest BCUT2D eigenvalue weighted by Gasteiger charge is -2.19. The van der Waals surface area contributed by atoms with Crippen molar-refractivity contribution < 1.29 is 14.2 Å². The van der Waals surface area contributed by atoms with Crippen LogP contribution in [0.5, 0.6) is 11.5 Å². The fourth-order valence-electron chi connectivity index (χ4n) is 4.15. The summed E-state index contributed by atoms with van der Waals surface area (Å²) in [6.07, 6.45) is 4.37. The largest absolute Gasteiger partial charge is 0.491 e. The second-order valence-corrected chi connectivity index (χ2v) is 9.00. The topological polar surface area (TPSA) is 53.7 Å². The van der Waals surface area contributed by atoms with Crippen LogP contribution in [0.4, 0.5) is 0 Å². The predicted octanol–water partition coefficient (Wildman–Crippen LogP) is 6.89. The summed E-state index contributed by atoms with van der Waals surface area (Å²) in [6.45, 7) is 12.5. The van der Waals surface area contributed by atoms with E-state index in [0.29, 0.717) is 37.5 Å². The molecule has 0 spiro atoms. The van der Waals surface area contributed by atoms with Gasteiger partial charge >= 0.3 is 0 Å². The fourth-order valence-corrected chi connectivity index (χ4v) is 4.15. The van der Waals surface area contributed by atoms with Gasteiger partial charge in [0.05, 0.1) is 6.61 Å². The van der Waals surface area contributed by atoms with Gasteiger partial charge in [0.2, 0.25) is 0 Å². The maximum absolute atomic E-state index is 5.96. The molecule has 0 aromatic heterocycles. The summed E-state index contributed by atoms with van der Waals surface area (Å²) in [5, 5.41) is 0. The Kier molecular flexibility index (Phi) is 11.6. The molecule has 0 amide bonds. The summed E-state index contributed by atoms with van der Waals surface area (Å²) in [7, 11) is 0. The van der Waals surface area contributed by atoms with Crippen LogP contribution >= 0.6 is 0 Å². The van der Waals surface area contributed by atoms with Gasteiger partial charge in [0, 0.05) is 0 Å². The van der Waals surface area contributed by atoms with Crippen molar-refractivity contribution in [1.29, 1.82) is 0 Å². The Labute approximate surface area is 195 Å². The maximum Gasteiger partial charge on any atom is 0.197 e. The van der Waals surface area contributed by atoms with E-state index in [0.717, 1.165) is 17.9 Å². The molecule has 0 bridgehead atoms. The average molecular weight is 442 g/mol. The summed E-state index contributed by atoms with van der Waals surface area (Å²) >= 11 is 0. The SMILES string of the molecule is CCCC(CC)c1ccc(OCCOC(C)Oc2ccc(C(CN)CC(C)C)cc2)cc1. The van der Waals surface area contributed by atoms with Gasteiger partial charge < -0.3 is 19.9 Å². The molecule has 3 unspecified atom stereocenters. The van der Waals surface area contributed by atoms with Gasteiger partial charge in [-0.1, -0.05) is 58.4 Å². The standard InChI is InChI=1S/C28H43NO3/c1-6-8-23(7-2)24-9-13-27(14-10-24)31-18-17-30-22(5)32-28-15-11-25(12-16-28)26(20-29)19-21(3)4/h9-16,21-23,26H,6-8,17-20,29H2,1-5H3. The van der Waals surface area contributed by atoms with E-state index < -0.39 is 0 Å². The Morgan fingerprint density at radius 1 is 0.781 bits per heavy atom. The van der Waals surface area contributed by atoms with Gasteiger partial charge in [0.1, 0.15) is 18.1 Å². The van der Waals surface area contributed by atoms with Crippen LogP contribution in [-0.4, -0.2) is 26.0 Å². The number of hydrogen-bond donors (Lipinski definition) is 1. The molecule has 0 aliphatic carbocycles. The quantitative estimate of drug-likeness (QED) is 0.241. The van der Waals surface area contributed by atoms with Gasteiger partial charge in [-0.3, -0.25) is 0 Å². The van der Waals surface area contributed by atoms with E-state index in [1.54, 1.807) is 0 Å². The zero-order chi connectivity index (χ0) is 23.3. The van der Waals surface area contributed by atoms with E-state index in [1.165, 1.54) is 30.4 Å². The molecule has 2 N–H and O–H groups in total. The molecule has 2 aromatic carbocycles. The van der Waals surface area contributed by atoms with Crippen molar-refractivity contribution in [3.05, 3.63) is 59.7 Å². The normalized spacial score (nSPS) is 14.2. The molecule has 0 aliphatic rings. The van der Waals surface area contributed by atoms with E-state index in [1.807, 2.05) is 19.1 Å². The molecule has 0 radical (unpaired) electrons. The molecule has 0 aliphatic heterocycles. The molecule has 0 saturated heterocycles. The molecule has 0 saturated carbocycles. The number of nitrogens with two attached hydrogens (primary N) is 1. The lowest BCUT2D eigenvalue weighted by Crippen LogP contribution is -2.20. The highest BCUT2D eigenvalue weighted by Gasteiger charge is 2.12. The smallest absolute Gasteiger partial charge is 0.197 e. The van der Waals surface area contributed by atoms with Gasteiger partial charge in [0.25, 0.3) is 0 Å². The first kappa shape index (κ1) is 26.2. The summed E-state index contributed by atoms with van der Waals surface area (Å²) in [5.74, 6) is 3.34. The van der Waals surface area contributed by atoms with E-state index in [-0.39, 0.29) is 6.29 Å². The number of rotatable bonds is 15. The first-order valence-electron chi connectivity index (χ1n) is 12.3. The van der Waals surface area contributed by atoms with Crippen LogP contribution in [0.15, 0.2) is 48.5 Å². The molecule has 4 heteroatoms. The lowest BCUT2D eigenvalue weighted by molar-refractivity contribution is -0.0739. The molecule has 0 fully saturated rings. The van der Waals surface area contributed by atoms with Crippen molar-refractivity contribution in [2.45, 2.75) is 78.4 Å². The molecule has 3 atom stereocenters. The van der Waals surface area contributed by atoms with Gasteiger partial charge in [-0.2, -0.15) is 0 Å². The van der Waals surface area contributed by atoms with Crippen molar-refractivity contribution in [3.63, 3.8) is 0 Å². The van der Waals surface area contributed by atoms with Crippen LogP contribution in [0, 0.1) is 5.92 Å². The van der Waals surface area contributed by atoms with Gasteiger partial charge in [0.15, 0.2) is 6.29 Å². The van der Waals surface area contributed by atoms with Crippen molar-refractivity contribution in [2.75, 3.05) is 19.8 Å². The third-order valence-electron chi connectivity index (χ3n) is 5.88. The minimum atomic E-state index is -0.341. The third-order valence-corrected chi connectivity index (χ3v) is 5.88. The highest BCUT2D eigenvalue weighted by molar-refractivity contribution is 5.30. The van der Waals surface area contributed by atoms with Crippen molar-refractivity contribution in [2.24, 2.45) is 11.7 Å². The Morgan fingerprint density at radius 3 is 1.91 bits per heavy atom. The lowest BCUT2D eigenvalue weighted by atomic mass is 9.90. The van der Waals surface area contributed by atoms with E-state index in [4.69, 9.17) is 19.9 Å². The summed E-state index contributed by atoms with van der Waals surface area (Å²) in [5.41, 5.74) is 8.62. The fraction of sp³-hybridized carbons (Fsp3) is 0.571. The van der Waals surface area contributed by atoms with Crippen LogP contribution in [0.2, 0.25) is 0 Å². The Bertz CT molecular complexity index is 742. The van der Waals surface area contributed by atoms with Crippen LogP contribution in [0.3, 0.4) is 0 Å². The highest BCUT2D eigenvalue weighted by atomic mass is 16.7. The third kappa shape index (κ3) is 8.84. The number of hydrogen-bond acceptors (Lipinski definition) is 4. The summed E-state index contributed by atoms with van der Waals surface area (Å²) in [4.78, 5) is 0. The first-order valence-corrected chi connectivity index (χ1v) is 12.3. The number of ether oxygens (including phenoxy) is 3. The highest BCUT2D eigenvalue weighted by Crippen LogP contribution is 2.27. The van der Waals surface area contributed by atoms with Crippen LogP contribution < -0.4 is 15.2 Å². The number of benzene rings is 2. The maximum atomic E-state index is 5.96. The first-order chi connectivity index (χ1) is 15.5. The summed E-state index contributed by atoms with van der Waals surface area (Å²) in [6, 6.07) is 16.7. The Morgan fingerprint density at radius 2 is 1.38 bits per heavy atom. The van der Waals surface area contributed by atoms with E-state index in [9.17, 15) is 0 Å². The van der Waals surface area contributed by atoms with Crippen LogP contribution in [0.1, 0.15) is 83.3 Å². The molecular weight excluding hydrogens is 398 g/mol. The zero-order valence-electron chi connectivity index (χ0n) is 20.7. The van der Waals surface area contributed by atoms with E-state index >= 15 is 0 Å². The van der Waals surface area contributed by atoms with Crippen molar-refractivity contribution in [1.82, 2.24) is 0 Å². The van der Waals surface area contributed by atoms with Crippen LogP contribution in [-0.2, 0) is 4.74 Å².